The number of rotatable bonds is 17. The monoisotopic (exact) mass is 620 g/mol. The van der Waals surface area contributed by atoms with Crippen LogP contribution >= 0.6 is 0 Å². The summed E-state index contributed by atoms with van der Waals surface area (Å²) < 4.78 is 0. The van der Waals surface area contributed by atoms with Crippen molar-refractivity contribution < 1.29 is 24.3 Å². The first-order chi connectivity index (χ1) is 21.5. The van der Waals surface area contributed by atoms with Gasteiger partial charge in [-0.3, -0.25) is 19.4 Å². The van der Waals surface area contributed by atoms with E-state index in [2.05, 4.69) is 25.9 Å². The van der Waals surface area contributed by atoms with Crippen LogP contribution in [0.4, 0.5) is 0 Å². The third kappa shape index (κ3) is 10.3. The van der Waals surface area contributed by atoms with Gasteiger partial charge in [0, 0.05) is 30.1 Å². The molecule has 2 aromatic carbocycles. The molecule has 0 aliphatic heterocycles. The first-order valence-electron chi connectivity index (χ1n) is 15.0. The fourth-order valence-electron chi connectivity index (χ4n) is 4.95. The molecule has 3 amide bonds. The molecule has 1 heterocycles. The highest BCUT2D eigenvalue weighted by Crippen LogP contribution is 2.19. The van der Waals surface area contributed by atoms with E-state index in [1.807, 2.05) is 37.3 Å². The van der Waals surface area contributed by atoms with Crippen LogP contribution in [0.2, 0.25) is 0 Å². The van der Waals surface area contributed by atoms with E-state index in [4.69, 9.17) is 17.2 Å². The van der Waals surface area contributed by atoms with Gasteiger partial charge in [0.25, 0.3) is 0 Å². The number of carboxylic acid groups (broad SMARTS) is 1. The highest BCUT2D eigenvalue weighted by atomic mass is 16.4. The van der Waals surface area contributed by atoms with E-state index >= 15 is 0 Å². The molecule has 13 nitrogen and oxygen atoms in total. The Balaban J connectivity index is 1.79. The lowest BCUT2D eigenvalue weighted by Gasteiger charge is -2.26. The summed E-state index contributed by atoms with van der Waals surface area (Å²) in [5.41, 5.74) is 19.7. The summed E-state index contributed by atoms with van der Waals surface area (Å²) in [6.07, 6.45) is 3.14. The van der Waals surface area contributed by atoms with E-state index in [9.17, 15) is 24.3 Å². The van der Waals surface area contributed by atoms with Crippen molar-refractivity contribution in [2.75, 3.05) is 6.54 Å². The predicted molar refractivity (Wildman–Crippen MR) is 173 cm³/mol. The van der Waals surface area contributed by atoms with Crippen LogP contribution < -0.4 is 33.2 Å². The van der Waals surface area contributed by atoms with Gasteiger partial charge in [0.15, 0.2) is 5.96 Å². The Morgan fingerprint density at radius 1 is 0.889 bits per heavy atom. The number of nitrogens with zero attached hydrogens (tertiary/aromatic N) is 1. The van der Waals surface area contributed by atoms with Crippen molar-refractivity contribution in [2.24, 2.45) is 28.1 Å². The van der Waals surface area contributed by atoms with Crippen LogP contribution in [0, 0.1) is 5.92 Å². The maximum absolute atomic E-state index is 13.7. The van der Waals surface area contributed by atoms with E-state index < -0.39 is 47.9 Å². The summed E-state index contributed by atoms with van der Waals surface area (Å²) in [5, 5.41) is 18.7. The SMILES string of the molecule is CCC(C)C(NC(=O)C(Cc1ccccc1)NC(=O)C(CCCN=C(N)N)NC(=O)C(N)Cc1c[nH]c2ccccc12)C(=O)O. The number of para-hydroxylation sites is 1. The van der Waals surface area contributed by atoms with Gasteiger partial charge in [-0.15, -0.1) is 0 Å². The average molecular weight is 621 g/mol. The molecule has 0 aliphatic carbocycles. The highest BCUT2D eigenvalue weighted by Gasteiger charge is 2.32. The van der Waals surface area contributed by atoms with Gasteiger partial charge in [0.1, 0.15) is 18.1 Å². The lowest BCUT2D eigenvalue weighted by molar-refractivity contribution is -0.143. The molecule has 0 fully saturated rings. The Morgan fingerprint density at radius 2 is 1.53 bits per heavy atom. The van der Waals surface area contributed by atoms with Crippen LogP contribution in [0.25, 0.3) is 10.9 Å². The first kappa shape index (κ1) is 34.6. The quantitative estimate of drug-likeness (QED) is 0.0613. The second-order valence-corrected chi connectivity index (χ2v) is 11.1. The van der Waals surface area contributed by atoms with Crippen molar-refractivity contribution in [2.45, 2.75) is 70.1 Å². The minimum absolute atomic E-state index is 0.0972. The number of H-pyrrole nitrogens is 1. The third-order valence-electron chi connectivity index (χ3n) is 7.72. The summed E-state index contributed by atoms with van der Waals surface area (Å²) >= 11 is 0. The van der Waals surface area contributed by atoms with Gasteiger partial charge < -0.3 is 43.2 Å². The zero-order valence-electron chi connectivity index (χ0n) is 25.7. The molecule has 5 unspecified atom stereocenters. The van der Waals surface area contributed by atoms with Gasteiger partial charge in [0.2, 0.25) is 17.7 Å². The van der Waals surface area contributed by atoms with Crippen molar-refractivity contribution >= 4 is 40.6 Å². The summed E-state index contributed by atoms with van der Waals surface area (Å²) in [6.45, 7) is 3.77. The number of aromatic amines is 1. The Bertz CT molecular complexity index is 1470. The number of aliphatic imine (C=N–C) groups is 1. The highest BCUT2D eigenvalue weighted by molar-refractivity contribution is 5.94. The number of aromatic nitrogens is 1. The van der Waals surface area contributed by atoms with Crippen LogP contribution in [0.3, 0.4) is 0 Å². The van der Waals surface area contributed by atoms with Crippen molar-refractivity contribution in [3.05, 3.63) is 71.9 Å². The number of benzene rings is 2. The number of carbonyl (C=O) groups excluding carboxylic acids is 3. The molecule has 0 bridgehead atoms. The fourth-order valence-corrected chi connectivity index (χ4v) is 4.95. The van der Waals surface area contributed by atoms with Gasteiger partial charge in [-0.2, -0.15) is 0 Å². The minimum atomic E-state index is -1.17. The smallest absolute Gasteiger partial charge is 0.326 e. The molecule has 13 heteroatoms. The third-order valence-corrected chi connectivity index (χ3v) is 7.72. The number of amides is 3. The molecule has 45 heavy (non-hydrogen) atoms. The lowest BCUT2D eigenvalue weighted by Crippen LogP contribution is -2.58. The van der Waals surface area contributed by atoms with Gasteiger partial charge in [0.05, 0.1) is 6.04 Å². The molecule has 242 valence electrons. The van der Waals surface area contributed by atoms with Gasteiger partial charge in [-0.1, -0.05) is 68.8 Å². The molecule has 0 saturated carbocycles. The van der Waals surface area contributed by atoms with Crippen LogP contribution in [0.1, 0.15) is 44.2 Å². The number of aliphatic carboxylic acids is 1. The largest absolute Gasteiger partial charge is 0.480 e. The number of nitrogens with two attached hydrogens (primary N) is 3. The molecule has 1 aromatic heterocycles. The molecule has 3 aromatic rings. The Labute approximate surface area is 262 Å². The van der Waals surface area contributed by atoms with Crippen LogP contribution in [-0.4, -0.2) is 70.5 Å². The average Bonchev–Trinajstić information content (AvgIpc) is 3.43. The first-order valence-corrected chi connectivity index (χ1v) is 15.0. The number of hydrogen-bond donors (Lipinski definition) is 8. The van der Waals surface area contributed by atoms with E-state index in [0.29, 0.717) is 12.8 Å². The molecule has 0 saturated heterocycles. The van der Waals surface area contributed by atoms with E-state index in [1.54, 1.807) is 37.4 Å². The molecule has 0 aliphatic rings. The summed E-state index contributed by atoms with van der Waals surface area (Å²) in [5.74, 6) is -3.44. The standard InChI is InChI=1S/C32H44N8O5/c1-3-19(2)27(31(44)45)40-30(43)26(16-20-10-5-4-6-11-20)39-29(42)25(14-9-15-36-32(34)35)38-28(41)23(33)17-21-18-37-24-13-8-7-12-22(21)24/h4-8,10-13,18-19,23,25-27,37H,3,9,14-17,33H2,1-2H3,(H,38,41)(H,39,42)(H,40,43)(H,44,45)(H4,34,35,36). The minimum Gasteiger partial charge on any atom is -0.480 e. The molecule has 0 spiro atoms. The van der Waals surface area contributed by atoms with Crippen LogP contribution in [0.5, 0.6) is 0 Å². The van der Waals surface area contributed by atoms with Gasteiger partial charge in [-0.25, -0.2) is 4.79 Å². The van der Waals surface area contributed by atoms with E-state index in [-0.39, 0.29) is 37.7 Å². The summed E-state index contributed by atoms with van der Waals surface area (Å²) in [7, 11) is 0. The normalized spacial score (nSPS) is 14.4. The Kier molecular flexibility index (Phi) is 12.9. The van der Waals surface area contributed by atoms with Crippen molar-refractivity contribution in [1.29, 1.82) is 0 Å². The molecular weight excluding hydrogens is 576 g/mol. The Morgan fingerprint density at radius 3 is 2.20 bits per heavy atom. The summed E-state index contributed by atoms with van der Waals surface area (Å²) in [6, 6.07) is 12.4. The topological polar surface area (TPSA) is 231 Å². The van der Waals surface area contributed by atoms with Gasteiger partial charge >= 0.3 is 5.97 Å². The molecular formula is C32H44N8O5. The fraction of sp³-hybridized carbons (Fsp3) is 0.406. The second kappa shape index (κ2) is 16.8. The number of nitrogens with one attached hydrogen (secondary N) is 4. The predicted octanol–water partition coefficient (Wildman–Crippen LogP) is 0.919. The number of carbonyl (C=O) groups is 4. The maximum atomic E-state index is 13.7. The van der Waals surface area contributed by atoms with Gasteiger partial charge in [-0.05, 0) is 42.4 Å². The zero-order valence-corrected chi connectivity index (χ0v) is 25.7. The van der Waals surface area contributed by atoms with Crippen molar-refractivity contribution in [1.82, 2.24) is 20.9 Å². The number of carboxylic acids is 1. The molecule has 5 atom stereocenters. The van der Waals surface area contributed by atoms with E-state index in [0.717, 1.165) is 22.0 Å². The maximum Gasteiger partial charge on any atom is 0.326 e. The molecule has 0 radical (unpaired) electrons. The Hall–Kier alpha value is -4.91. The zero-order chi connectivity index (χ0) is 32.9. The van der Waals surface area contributed by atoms with Crippen LogP contribution in [-0.2, 0) is 32.0 Å². The van der Waals surface area contributed by atoms with Crippen molar-refractivity contribution in [3.63, 3.8) is 0 Å². The summed E-state index contributed by atoms with van der Waals surface area (Å²) in [4.78, 5) is 59.4. The lowest BCUT2D eigenvalue weighted by atomic mass is 9.98. The number of fused-ring (bicyclic) bond motifs is 1. The van der Waals surface area contributed by atoms with Crippen LogP contribution in [0.15, 0.2) is 65.8 Å². The number of guanidine groups is 1. The number of hydrogen-bond acceptors (Lipinski definition) is 6. The molecule has 3 rings (SSSR count). The molecule has 11 N–H and O–H groups in total. The second-order valence-electron chi connectivity index (χ2n) is 11.1. The van der Waals surface area contributed by atoms with E-state index in [1.165, 1.54) is 0 Å². The van der Waals surface area contributed by atoms with Crippen molar-refractivity contribution in [3.8, 4) is 0 Å².